The molecule has 0 atom stereocenters. The van der Waals surface area contributed by atoms with Crippen molar-refractivity contribution < 1.29 is 9.90 Å². The number of carboxylic acid groups (broad SMARTS) is 1. The maximum absolute atomic E-state index is 10.8. The summed E-state index contributed by atoms with van der Waals surface area (Å²) in [4.78, 5) is 10.8. The third kappa shape index (κ3) is 2.55. The van der Waals surface area contributed by atoms with E-state index in [0.29, 0.717) is 15.5 Å². The zero-order valence-electron chi connectivity index (χ0n) is 9.09. The van der Waals surface area contributed by atoms with Gasteiger partial charge in [0.05, 0.1) is 5.56 Å². The average Bonchev–Trinajstić information content (AvgIpc) is 2.94. The molecule has 2 rings (SSSR count). The van der Waals surface area contributed by atoms with Crippen LogP contribution in [0.4, 0.5) is 5.69 Å². The molecule has 0 unspecified atom stereocenters. The van der Waals surface area contributed by atoms with Crippen molar-refractivity contribution >= 4 is 27.6 Å². The van der Waals surface area contributed by atoms with Gasteiger partial charge in [0.15, 0.2) is 0 Å². The maximum Gasteiger partial charge on any atom is 0.336 e. The topological polar surface area (TPSA) is 49.3 Å². The molecule has 1 aliphatic rings. The molecule has 3 nitrogen and oxygen atoms in total. The highest BCUT2D eigenvalue weighted by Gasteiger charge is 2.36. The molecule has 0 heterocycles. The zero-order chi connectivity index (χ0) is 11.8. The summed E-state index contributed by atoms with van der Waals surface area (Å²) in [7, 11) is 0. The third-order valence-corrected chi connectivity index (χ3v) is 3.68. The molecule has 0 aliphatic heterocycles. The number of carbonyl (C=O) groups is 1. The van der Waals surface area contributed by atoms with Gasteiger partial charge in [-0.05, 0) is 52.4 Å². The van der Waals surface area contributed by atoms with E-state index in [1.54, 1.807) is 12.1 Å². The van der Waals surface area contributed by atoms with E-state index < -0.39 is 5.97 Å². The second kappa shape index (κ2) is 4.09. The molecule has 1 aromatic rings. The Kier molecular flexibility index (Phi) is 2.93. The summed E-state index contributed by atoms with van der Waals surface area (Å²) in [5.74, 6) is -0.910. The number of hydrogen-bond donors (Lipinski definition) is 2. The molecule has 4 heteroatoms. The van der Waals surface area contributed by atoms with E-state index >= 15 is 0 Å². The first-order chi connectivity index (χ1) is 7.50. The summed E-state index contributed by atoms with van der Waals surface area (Å²) in [6, 6.07) is 5.24. The van der Waals surface area contributed by atoms with Crippen LogP contribution in [0.25, 0.3) is 0 Å². The highest BCUT2D eigenvalue weighted by Crippen LogP contribution is 2.44. The summed E-state index contributed by atoms with van der Waals surface area (Å²) in [6.45, 7) is 3.20. The summed E-state index contributed by atoms with van der Waals surface area (Å²) in [5, 5.41) is 12.2. The Labute approximate surface area is 103 Å². The molecule has 16 heavy (non-hydrogen) atoms. The Morgan fingerprint density at radius 3 is 2.75 bits per heavy atom. The molecule has 1 fully saturated rings. The number of hydrogen-bond acceptors (Lipinski definition) is 2. The van der Waals surface area contributed by atoms with Crippen LogP contribution < -0.4 is 5.32 Å². The highest BCUT2D eigenvalue weighted by molar-refractivity contribution is 9.10. The normalized spacial score (nSPS) is 16.9. The molecule has 0 amide bonds. The number of aromatic carboxylic acids is 1. The quantitative estimate of drug-likeness (QED) is 0.891. The molecule has 86 valence electrons. The second-order valence-corrected chi connectivity index (χ2v) is 5.52. The van der Waals surface area contributed by atoms with Crippen molar-refractivity contribution in [2.24, 2.45) is 5.41 Å². The predicted molar refractivity (Wildman–Crippen MR) is 66.9 cm³/mol. The van der Waals surface area contributed by atoms with Crippen molar-refractivity contribution in [3.8, 4) is 0 Å². The smallest absolute Gasteiger partial charge is 0.336 e. The van der Waals surface area contributed by atoms with Crippen molar-refractivity contribution in [2.45, 2.75) is 19.8 Å². The molecular formula is C12H14BrNO2. The van der Waals surface area contributed by atoms with Gasteiger partial charge in [0, 0.05) is 16.7 Å². The molecule has 1 aliphatic carbocycles. The standard InChI is InChI=1S/C12H14BrNO2/c1-12(4-5-12)7-14-8-2-3-9(11(15)16)10(13)6-8/h2-3,6,14H,4-5,7H2,1H3,(H,15,16). The number of benzene rings is 1. The van der Waals surface area contributed by atoms with E-state index in [9.17, 15) is 4.79 Å². The van der Waals surface area contributed by atoms with Crippen LogP contribution in [0.1, 0.15) is 30.1 Å². The van der Waals surface area contributed by atoms with E-state index in [2.05, 4.69) is 28.2 Å². The van der Waals surface area contributed by atoms with Crippen LogP contribution >= 0.6 is 15.9 Å². The van der Waals surface area contributed by atoms with Gasteiger partial charge >= 0.3 is 5.97 Å². The second-order valence-electron chi connectivity index (χ2n) is 4.66. The van der Waals surface area contributed by atoms with Crippen molar-refractivity contribution in [3.63, 3.8) is 0 Å². The minimum Gasteiger partial charge on any atom is -0.478 e. The number of carboxylic acids is 1. The molecule has 0 aromatic heterocycles. The van der Waals surface area contributed by atoms with Crippen LogP contribution in [0.15, 0.2) is 22.7 Å². The van der Waals surface area contributed by atoms with Gasteiger partial charge in [0.1, 0.15) is 0 Å². The Balaban J connectivity index is 2.05. The Morgan fingerprint density at radius 2 is 2.25 bits per heavy atom. The third-order valence-electron chi connectivity index (χ3n) is 3.02. The van der Waals surface area contributed by atoms with E-state index in [1.807, 2.05) is 6.07 Å². The van der Waals surface area contributed by atoms with E-state index in [0.717, 1.165) is 12.2 Å². The molecule has 0 radical (unpaired) electrons. The molecule has 0 saturated heterocycles. The molecule has 1 aromatic carbocycles. The SMILES string of the molecule is CC1(CNc2ccc(C(=O)O)c(Br)c2)CC1. The van der Waals surface area contributed by atoms with Crippen LogP contribution in [0.5, 0.6) is 0 Å². The summed E-state index contributed by atoms with van der Waals surface area (Å²) in [5.41, 5.74) is 1.70. The van der Waals surface area contributed by atoms with Gasteiger partial charge in [0.25, 0.3) is 0 Å². The lowest BCUT2D eigenvalue weighted by Gasteiger charge is -2.12. The first-order valence-corrected chi connectivity index (χ1v) is 6.06. The number of nitrogens with one attached hydrogen (secondary N) is 1. The van der Waals surface area contributed by atoms with Gasteiger partial charge in [-0.2, -0.15) is 0 Å². The zero-order valence-corrected chi connectivity index (χ0v) is 10.7. The van der Waals surface area contributed by atoms with Gasteiger partial charge in [-0.15, -0.1) is 0 Å². The fourth-order valence-electron chi connectivity index (χ4n) is 1.50. The lowest BCUT2D eigenvalue weighted by molar-refractivity contribution is 0.0696. The summed E-state index contributed by atoms with van der Waals surface area (Å²) in [6.07, 6.45) is 2.54. The van der Waals surface area contributed by atoms with Crippen LogP contribution in [-0.2, 0) is 0 Å². The van der Waals surface area contributed by atoms with Crippen molar-refractivity contribution in [3.05, 3.63) is 28.2 Å². The molecule has 0 bridgehead atoms. The largest absolute Gasteiger partial charge is 0.478 e. The van der Waals surface area contributed by atoms with Crippen LogP contribution in [0.2, 0.25) is 0 Å². The summed E-state index contributed by atoms with van der Waals surface area (Å²) >= 11 is 3.26. The lowest BCUT2D eigenvalue weighted by Crippen LogP contribution is -2.11. The lowest BCUT2D eigenvalue weighted by atomic mass is 10.1. The van der Waals surface area contributed by atoms with Crippen LogP contribution in [0.3, 0.4) is 0 Å². The average molecular weight is 284 g/mol. The van der Waals surface area contributed by atoms with Gasteiger partial charge in [-0.1, -0.05) is 6.92 Å². The van der Waals surface area contributed by atoms with Gasteiger partial charge in [-0.3, -0.25) is 0 Å². The maximum atomic E-state index is 10.8. The predicted octanol–water partition coefficient (Wildman–Crippen LogP) is 3.36. The van der Waals surface area contributed by atoms with Crippen LogP contribution in [-0.4, -0.2) is 17.6 Å². The van der Waals surface area contributed by atoms with E-state index in [1.165, 1.54) is 12.8 Å². The molecule has 2 N–H and O–H groups in total. The Bertz CT molecular complexity index is 427. The van der Waals surface area contributed by atoms with Crippen LogP contribution in [0, 0.1) is 5.41 Å². The van der Waals surface area contributed by atoms with Crippen molar-refractivity contribution in [1.29, 1.82) is 0 Å². The van der Waals surface area contributed by atoms with Gasteiger partial charge in [-0.25, -0.2) is 4.79 Å². The number of rotatable bonds is 4. The van der Waals surface area contributed by atoms with E-state index in [-0.39, 0.29) is 0 Å². The first-order valence-electron chi connectivity index (χ1n) is 5.27. The van der Waals surface area contributed by atoms with Crippen molar-refractivity contribution in [1.82, 2.24) is 0 Å². The minimum atomic E-state index is -0.910. The summed E-state index contributed by atoms with van der Waals surface area (Å²) < 4.78 is 0.617. The highest BCUT2D eigenvalue weighted by atomic mass is 79.9. The Morgan fingerprint density at radius 1 is 1.56 bits per heavy atom. The molecular weight excluding hydrogens is 270 g/mol. The van der Waals surface area contributed by atoms with E-state index in [4.69, 9.17) is 5.11 Å². The fraction of sp³-hybridized carbons (Fsp3) is 0.417. The minimum absolute atomic E-state index is 0.295. The number of anilines is 1. The monoisotopic (exact) mass is 283 g/mol. The van der Waals surface area contributed by atoms with Crippen molar-refractivity contribution in [2.75, 3.05) is 11.9 Å². The fourth-order valence-corrected chi connectivity index (χ4v) is 2.05. The first kappa shape index (κ1) is 11.5. The van der Waals surface area contributed by atoms with Gasteiger partial charge in [0.2, 0.25) is 0 Å². The molecule has 1 saturated carbocycles. The molecule has 0 spiro atoms. The number of halogens is 1. The van der Waals surface area contributed by atoms with Gasteiger partial charge < -0.3 is 10.4 Å². The Hall–Kier alpha value is -1.03.